The van der Waals surface area contributed by atoms with E-state index in [2.05, 4.69) is 0 Å². The van der Waals surface area contributed by atoms with Crippen molar-refractivity contribution in [3.63, 3.8) is 0 Å². The van der Waals surface area contributed by atoms with Crippen LogP contribution in [0.3, 0.4) is 0 Å². The van der Waals surface area contributed by atoms with E-state index in [1.165, 1.54) is 0 Å². The molecule has 0 radical (unpaired) electrons. The normalized spacial score (nSPS) is 25.8. The van der Waals surface area contributed by atoms with Crippen LogP contribution in [0.2, 0.25) is 0 Å². The number of nitrogens with one attached hydrogen (secondary N) is 1. The smallest absolute Gasteiger partial charge is 0.229 e. The molecule has 0 spiro atoms. The van der Waals surface area contributed by atoms with E-state index in [4.69, 9.17) is 11.6 Å². The minimum atomic E-state index is -4.39. The molecule has 1 aliphatic heterocycles. The van der Waals surface area contributed by atoms with E-state index in [0.717, 1.165) is 6.07 Å². The topological polar surface area (TPSA) is 80.3 Å². The van der Waals surface area contributed by atoms with Crippen LogP contribution in [-0.2, 0) is 19.9 Å². The van der Waals surface area contributed by atoms with Crippen molar-refractivity contribution in [2.75, 3.05) is 11.5 Å². The van der Waals surface area contributed by atoms with Gasteiger partial charge >= 0.3 is 0 Å². The molecular formula is C10H10ClF2NO4S2. The first kappa shape index (κ1) is 15.6. The first-order chi connectivity index (χ1) is 9.11. The zero-order valence-corrected chi connectivity index (χ0v) is 12.3. The molecule has 1 aliphatic rings. The van der Waals surface area contributed by atoms with Gasteiger partial charge in [-0.05, 0) is 18.2 Å². The average molecular weight is 346 g/mol. The number of sulfonamides is 1. The van der Waals surface area contributed by atoms with E-state index >= 15 is 0 Å². The Hall–Kier alpha value is -0.770. The van der Waals surface area contributed by atoms with E-state index < -0.39 is 53.6 Å². The summed E-state index contributed by atoms with van der Waals surface area (Å²) in [5.74, 6) is -2.90. The highest BCUT2D eigenvalue weighted by Gasteiger charge is 2.39. The lowest BCUT2D eigenvalue weighted by molar-refractivity contribution is 0.536. The molecule has 0 saturated carbocycles. The molecule has 1 saturated heterocycles. The van der Waals surface area contributed by atoms with Gasteiger partial charge in [-0.1, -0.05) is 0 Å². The summed E-state index contributed by atoms with van der Waals surface area (Å²) in [6.45, 7) is 0. The molecular weight excluding hydrogens is 336 g/mol. The summed E-state index contributed by atoms with van der Waals surface area (Å²) >= 11 is 5.75. The maximum atomic E-state index is 13.5. The molecule has 1 heterocycles. The van der Waals surface area contributed by atoms with Crippen molar-refractivity contribution in [1.29, 1.82) is 0 Å². The van der Waals surface area contributed by atoms with E-state index in [1.807, 2.05) is 4.72 Å². The molecule has 0 aliphatic carbocycles. The molecule has 1 fully saturated rings. The van der Waals surface area contributed by atoms with Gasteiger partial charge in [0.15, 0.2) is 9.84 Å². The van der Waals surface area contributed by atoms with Crippen molar-refractivity contribution in [2.45, 2.75) is 16.3 Å². The predicted molar refractivity (Wildman–Crippen MR) is 68.8 cm³/mol. The second kappa shape index (κ2) is 5.21. The minimum absolute atomic E-state index is 0.368. The standard InChI is InChI=1S/C10H10ClF2NO4S2/c11-7-4-19(15,16)5-9(7)14-20(17,18)10-3-6(12)1-2-8(10)13/h1-3,7,9,14H,4-5H2. The third-order valence-corrected chi connectivity index (χ3v) is 6.65. The highest BCUT2D eigenvalue weighted by Crippen LogP contribution is 2.22. The summed E-state index contributed by atoms with van der Waals surface area (Å²) < 4.78 is 75.0. The fourth-order valence-corrected chi connectivity index (χ4v) is 5.95. The lowest BCUT2D eigenvalue weighted by atomic mass is 10.3. The SMILES string of the molecule is O=S1(=O)CC(Cl)C(NS(=O)(=O)c2cc(F)ccc2F)C1. The summed E-state index contributed by atoms with van der Waals surface area (Å²) in [5, 5.41) is -0.952. The van der Waals surface area contributed by atoms with Crippen LogP contribution in [0.25, 0.3) is 0 Å². The Morgan fingerprint density at radius 1 is 1.25 bits per heavy atom. The molecule has 20 heavy (non-hydrogen) atoms. The van der Waals surface area contributed by atoms with Crippen molar-refractivity contribution in [3.8, 4) is 0 Å². The Kier molecular flexibility index (Phi) is 4.07. The molecule has 10 heteroatoms. The van der Waals surface area contributed by atoms with E-state index in [9.17, 15) is 25.6 Å². The Labute approximate surface area is 119 Å². The van der Waals surface area contributed by atoms with Crippen molar-refractivity contribution in [2.24, 2.45) is 0 Å². The van der Waals surface area contributed by atoms with Crippen molar-refractivity contribution in [1.82, 2.24) is 4.72 Å². The monoisotopic (exact) mass is 345 g/mol. The van der Waals surface area contributed by atoms with Gasteiger partial charge in [-0.3, -0.25) is 0 Å². The van der Waals surface area contributed by atoms with Gasteiger partial charge in [0, 0.05) is 0 Å². The summed E-state index contributed by atoms with van der Waals surface area (Å²) in [7, 11) is -7.84. The molecule has 112 valence electrons. The van der Waals surface area contributed by atoms with Crippen LogP contribution in [0, 0.1) is 11.6 Å². The van der Waals surface area contributed by atoms with Crippen LogP contribution in [0.1, 0.15) is 0 Å². The first-order valence-corrected chi connectivity index (χ1v) is 9.17. The third kappa shape index (κ3) is 3.27. The van der Waals surface area contributed by atoms with Crippen LogP contribution >= 0.6 is 11.6 Å². The number of rotatable bonds is 3. The Bertz CT molecular complexity index is 736. The quantitative estimate of drug-likeness (QED) is 0.816. The maximum absolute atomic E-state index is 13.5. The van der Waals surface area contributed by atoms with Gasteiger partial charge in [0.05, 0.1) is 22.9 Å². The van der Waals surface area contributed by atoms with Gasteiger partial charge in [-0.2, -0.15) is 0 Å². The Balaban J connectivity index is 2.31. The van der Waals surface area contributed by atoms with E-state index in [-0.39, 0.29) is 5.75 Å². The molecule has 0 aromatic heterocycles. The van der Waals surface area contributed by atoms with Gasteiger partial charge in [-0.25, -0.2) is 30.3 Å². The number of sulfone groups is 1. The fourth-order valence-electron chi connectivity index (χ4n) is 1.86. The average Bonchev–Trinajstić information content (AvgIpc) is 2.54. The van der Waals surface area contributed by atoms with Gasteiger partial charge in [0.25, 0.3) is 0 Å². The molecule has 2 rings (SSSR count). The molecule has 2 atom stereocenters. The fraction of sp³-hybridized carbons (Fsp3) is 0.400. The highest BCUT2D eigenvalue weighted by atomic mass is 35.5. The summed E-state index contributed by atoms with van der Waals surface area (Å²) in [6, 6.07) is 0.894. The lowest BCUT2D eigenvalue weighted by Gasteiger charge is -2.15. The molecule has 2 unspecified atom stereocenters. The van der Waals surface area contributed by atoms with Crippen LogP contribution in [0.15, 0.2) is 23.1 Å². The zero-order chi connectivity index (χ0) is 15.1. The minimum Gasteiger partial charge on any atom is -0.229 e. The number of halogens is 3. The second-order valence-electron chi connectivity index (χ2n) is 4.40. The maximum Gasteiger partial charge on any atom is 0.243 e. The molecule has 5 nitrogen and oxygen atoms in total. The van der Waals surface area contributed by atoms with Crippen molar-refractivity contribution < 1.29 is 25.6 Å². The second-order valence-corrected chi connectivity index (χ2v) is 8.79. The highest BCUT2D eigenvalue weighted by molar-refractivity contribution is 7.92. The summed E-state index contributed by atoms with van der Waals surface area (Å²) in [6.07, 6.45) is 0. The number of hydrogen-bond donors (Lipinski definition) is 1. The largest absolute Gasteiger partial charge is 0.243 e. The summed E-state index contributed by atoms with van der Waals surface area (Å²) in [4.78, 5) is -0.884. The van der Waals surface area contributed by atoms with E-state index in [0.29, 0.717) is 12.1 Å². The molecule has 0 bridgehead atoms. The predicted octanol–water partition coefficient (Wildman–Crippen LogP) is 0.647. The van der Waals surface area contributed by atoms with Crippen molar-refractivity contribution in [3.05, 3.63) is 29.8 Å². The first-order valence-electron chi connectivity index (χ1n) is 5.42. The Morgan fingerprint density at radius 3 is 2.45 bits per heavy atom. The number of hydrogen-bond acceptors (Lipinski definition) is 4. The van der Waals surface area contributed by atoms with E-state index in [1.54, 1.807) is 0 Å². The van der Waals surface area contributed by atoms with Crippen LogP contribution < -0.4 is 4.72 Å². The summed E-state index contributed by atoms with van der Waals surface area (Å²) in [5.41, 5.74) is 0. The van der Waals surface area contributed by atoms with Gasteiger partial charge in [0.1, 0.15) is 16.5 Å². The number of alkyl halides is 1. The molecule has 1 aromatic rings. The van der Waals surface area contributed by atoms with Gasteiger partial charge in [-0.15, -0.1) is 11.6 Å². The number of benzene rings is 1. The Morgan fingerprint density at radius 2 is 1.90 bits per heavy atom. The molecule has 1 aromatic carbocycles. The third-order valence-electron chi connectivity index (χ3n) is 2.77. The van der Waals surface area contributed by atoms with Gasteiger partial charge < -0.3 is 0 Å². The van der Waals surface area contributed by atoms with Crippen LogP contribution in [0.4, 0.5) is 8.78 Å². The molecule has 0 amide bonds. The van der Waals surface area contributed by atoms with Crippen LogP contribution in [0.5, 0.6) is 0 Å². The van der Waals surface area contributed by atoms with Gasteiger partial charge in [0.2, 0.25) is 10.0 Å². The van der Waals surface area contributed by atoms with Crippen LogP contribution in [-0.4, -0.2) is 39.8 Å². The lowest BCUT2D eigenvalue weighted by Crippen LogP contribution is -2.40. The molecule has 1 N–H and O–H groups in total. The zero-order valence-electron chi connectivity index (χ0n) is 9.88. The van der Waals surface area contributed by atoms with Crippen molar-refractivity contribution >= 4 is 31.5 Å².